The minimum atomic E-state index is -2.86. The second kappa shape index (κ2) is 6.07. The van der Waals surface area contributed by atoms with Gasteiger partial charge >= 0.3 is 5.97 Å². The maximum Gasteiger partial charge on any atom is 0.338 e. The van der Waals surface area contributed by atoms with Crippen molar-refractivity contribution in [3.63, 3.8) is 0 Å². The van der Waals surface area contributed by atoms with Crippen molar-refractivity contribution < 1.29 is 18.3 Å². The molecule has 0 saturated heterocycles. The molecule has 6 heteroatoms. The zero-order valence-electron chi connectivity index (χ0n) is 9.74. The molecule has 1 rings (SSSR count). The fourth-order valence-electron chi connectivity index (χ4n) is 1.50. The minimum absolute atomic E-state index is 0.0151. The number of rotatable bonds is 4. The highest BCUT2D eigenvalue weighted by molar-refractivity contribution is 5.91. The summed E-state index contributed by atoms with van der Waals surface area (Å²) in [5.41, 5.74) is 5.03. The Morgan fingerprint density at radius 3 is 2.67 bits per heavy atom. The van der Waals surface area contributed by atoms with E-state index in [0.29, 0.717) is 5.56 Å². The van der Waals surface area contributed by atoms with Gasteiger partial charge in [-0.05, 0) is 24.6 Å². The van der Waals surface area contributed by atoms with Crippen LogP contribution in [-0.4, -0.2) is 12.6 Å². The number of carbonyl (C=O) groups excluding carboxylic acids is 1. The molecule has 1 aromatic carbocycles. The number of nitrogens with two attached hydrogens (primary N) is 1. The Hall–Kier alpha value is -2.00. The molecule has 0 aromatic heterocycles. The van der Waals surface area contributed by atoms with Crippen LogP contribution in [0.1, 0.15) is 40.4 Å². The van der Waals surface area contributed by atoms with Gasteiger partial charge in [-0.15, -0.1) is 0 Å². The number of hydrogen-bond acceptors (Lipinski definition) is 4. The standard InChI is InChI=1S/C12H12F2N2O2/c1-2-18-12(17)10-4-8(6-16)7(5-15)3-9(10)11(13)14/h3-4,11H,2,6,16H2,1H3. The highest BCUT2D eigenvalue weighted by Gasteiger charge is 2.21. The number of carbonyl (C=O) groups is 1. The van der Waals surface area contributed by atoms with Crippen molar-refractivity contribution in [2.24, 2.45) is 5.73 Å². The number of alkyl halides is 2. The zero-order chi connectivity index (χ0) is 13.7. The van der Waals surface area contributed by atoms with Crippen molar-refractivity contribution in [2.45, 2.75) is 19.9 Å². The van der Waals surface area contributed by atoms with Crippen LogP contribution in [-0.2, 0) is 11.3 Å². The minimum Gasteiger partial charge on any atom is -0.462 e. The molecule has 0 aliphatic carbocycles. The average molecular weight is 254 g/mol. The second-order valence-electron chi connectivity index (χ2n) is 3.43. The number of hydrogen-bond donors (Lipinski definition) is 1. The summed E-state index contributed by atoms with van der Waals surface area (Å²) < 4.78 is 30.4. The number of nitriles is 1. The fraction of sp³-hybridized carbons (Fsp3) is 0.333. The van der Waals surface area contributed by atoms with Crippen LogP contribution in [0.5, 0.6) is 0 Å². The largest absolute Gasteiger partial charge is 0.462 e. The Labute approximate surface area is 103 Å². The molecule has 1 aromatic rings. The van der Waals surface area contributed by atoms with E-state index in [1.165, 1.54) is 6.07 Å². The number of esters is 1. The predicted octanol–water partition coefficient (Wildman–Crippen LogP) is 2.13. The molecule has 0 atom stereocenters. The van der Waals surface area contributed by atoms with Crippen LogP contribution in [0, 0.1) is 11.3 Å². The van der Waals surface area contributed by atoms with Gasteiger partial charge in [0.05, 0.1) is 23.8 Å². The van der Waals surface area contributed by atoms with E-state index < -0.39 is 18.0 Å². The Bertz CT molecular complexity index is 496. The number of ether oxygens (including phenoxy) is 1. The van der Waals surface area contributed by atoms with Crippen molar-refractivity contribution in [3.05, 3.63) is 34.4 Å². The molecular formula is C12H12F2N2O2. The SMILES string of the molecule is CCOC(=O)c1cc(CN)c(C#N)cc1C(F)F. The maximum absolute atomic E-state index is 12.8. The first-order chi connectivity index (χ1) is 8.54. The van der Waals surface area contributed by atoms with Gasteiger partial charge < -0.3 is 10.5 Å². The summed E-state index contributed by atoms with van der Waals surface area (Å²) in [6, 6.07) is 3.95. The Morgan fingerprint density at radius 1 is 1.56 bits per heavy atom. The molecule has 0 saturated carbocycles. The van der Waals surface area contributed by atoms with E-state index in [4.69, 9.17) is 15.7 Å². The second-order valence-corrected chi connectivity index (χ2v) is 3.43. The lowest BCUT2D eigenvalue weighted by atomic mass is 9.99. The van der Waals surface area contributed by atoms with Crippen molar-refractivity contribution in [2.75, 3.05) is 6.61 Å². The first kappa shape index (κ1) is 14.1. The summed E-state index contributed by atoms with van der Waals surface area (Å²) in [5, 5.41) is 8.82. The zero-order valence-corrected chi connectivity index (χ0v) is 9.74. The van der Waals surface area contributed by atoms with Gasteiger partial charge in [-0.1, -0.05) is 0 Å². The molecule has 0 heterocycles. The topological polar surface area (TPSA) is 76.1 Å². The molecule has 0 aliphatic heterocycles. The smallest absolute Gasteiger partial charge is 0.338 e. The third-order valence-corrected chi connectivity index (χ3v) is 2.35. The lowest BCUT2D eigenvalue weighted by Gasteiger charge is -2.11. The van der Waals surface area contributed by atoms with Gasteiger partial charge in [0.15, 0.2) is 0 Å². The average Bonchev–Trinajstić information content (AvgIpc) is 2.37. The quantitative estimate of drug-likeness (QED) is 0.835. The first-order valence-electron chi connectivity index (χ1n) is 5.27. The molecule has 0 amide bonds. The fourth-order valence-corrected chi connectivity index (χ4v) is 1.50. The molecule has 0 radical (unpaired) electrons. The number of halogens is 2. The molecular weight excluding hydrogens is 242 g/mol. The molecule has 96 valence electrons. The lowest BCUT2D eigenvalue weighted by Crippen LogP contribution is -2.11. The number of benzene rings is 1. The van der Waals surface area contributed by atoms with Crippen LogP contribution in [0.15, 0.2) is 12.1 Å². The van der Waals surface area contributed by atoms with Crippen molar-refractivity contribution in [3.8, 4) is 6.07 Å². The normalized spacial score (nSPS) is 10.2. The molecule has 2 N–H and O–H groups in total. The molecule has 18 heavy (non-hydrogen) atoms. The molecule has 4 nitrogen and oxygen atoms in total. The van der Waals surface area contributed by atoms with Crippen LogP contribution in [0.25, 0.3) is 0 Å². The van der Waals surface area contributed by atoms with Crippen molar-refractivity contribution >= 4 is 5.97 Å². The van der Waals surface area contributed by atoms with E-state index in [-0.39, 0.29) is 24.3 Å². The van der Waals surface area contributed by atoms with Crippen LogP contribution in [0.3, 0.4) is 0 Å². The summed E-state index contributed by atoms with van der Waals surface area (Å²) in [5.74, 6) is -0.841. The predicted molar refractivity (Wildman–Crippen MR) is 60.0 cm³/mol. The van der Waals surface area contributed by atoms with Gasteiger partial charge in [0.25, 0.3) is 6.43 Å². The van der Waals surface area contributed by atoms with Gasteiger partial charge in [0.1, 0.15) is 0 Å². The Morgan fingerprint density at radius 2 is 2.22 bits per heavy atom. The molecule has 0 aliphatic rings. The third kappa shape index (κ3) is 2.81. The van der Waals surface area contributed by atoms with Gasteiger partial charge in [0, 0.05) is 12.1 Å². The highest BCUT2D eigenvalue weighted by Crippen LogP contribution is 2.27. The summed E-state index contributed by atoms with van der Waals surface area (Å²) in [6.45, 7) is 1.64. The third-order valence-electron chi connectivity index (χ3n) is 2.35. The van der Waals surface area contributed by atoms with Gasteiger partial charge in [-0.25, -0.2) is 13.6 Å². The van der Waals surface area contributed by atoms with E-state index in [2.05, 4.69) is 0 Å². The van der Waals surface area contributed by atoms with E-state index in [0.717, 1.165) is 6.07 Å². The van der Waals surface area contributed by atoms with Gasteiger partial charge in [-0.3, -0.25) is 0 Å². The summed E-state index contributed by atoms with van der Waals surface area (Å²) in [6.07, 6.45) is -2.86. The van der Waals surface area contributed by atoms with Gasteiger partial charge in [-0.2, -0.15) is 5.26 Å². The van der Waals surface area contributed by atoms with Gasteiger partial charge in [0.2, 0.25) is 0 Å². The van der Waals surface area contributed by atoms with Crippen LogP contribution >= 0.6 is 0 Å². The molecule has 0 fully saturated rings. The van der Waals surface area contributed by atoms with Crippen molar-refractivity contribution in [1.82, 2.24) is 0 Å². The van der Waals surface area contributed by atoms with Crippen LogP contribution < -0.4 is 5.73 Å². The Balaban J connectivity index is 3.39. The van der Waals surface area contributed by atoms with E-state index in [1.54, 1.807) is 13.0 Å². The maximum atomic E-state index is 12.8. The van der Waals surface area contributed by atoms with Crippen LogP contribution in [0.2, 0.25) is 0 Å². The van der Waals surface area contributed by atoms with Crippen molar-refractivity contribution in [1.29, 1.82) is 5.26 Å². The summed E-state index contributed by atoms with van der Waals surface area (Å²) in [7, 11) is 0. The van der Waals surface area contributed by atoms with E-state index >= 15 is 0 Å². The van der Waals surface area contributed by atoms with E-state index in [9.17, 15) is 13.6 Å². The Kier molecular flexibility index (Phi) is 4.75. The summed E-state index contributed by atoms with van der Waals surface area (Å²) >= 11 is 0. The monoisotopic (exact) mass is 254 g/mol. The summed E-state index contributed by atoms with van der Waals surface area (Å²) in [4.78, 5) is 11.6. The first-order valence-corrected chi connectivity index (χ1v) is 5.27. The number of nitrogens with zero attached hydrogens (tertiary/aromatic N) is 1. The highest BCUT2D eigenvalue weighted by atomic mass is 19.3. The molecule has 0 unspecified atom stereocenters. The molecule has 0 spiro atoms. The lowest BCUT2D eigenvalue weighted by molar-refractivity contribution is 0.0515. The molecule has 0 bridgehead atoms. The van der Waals surface area contributed by atoms with E-state index in [1.807, 2.05) is 0 Å². The van der Waals surface area contributed by atoms with Crippen LogP contribution in [0.4, 0.5) is 8.78 Å².